The molecular formula is C54H104O6. The smallest absolute Gasteiger partial charge is 0.306 e. The van der Waals surface area contributed by atoms with Crippen LogP contribution in [0.2, 0.25) is 0 Å². The Balaban J connectivity index is 4.11. The van der Waals surface area contributed by atoms with Crippen molar-refractivity contribution in [2.75, 3.05) is 13.2 Å². The fourth-order valence-electron chi connectivity index (χ4n) is 8.13. The Labute approximate surface area is 374 Å². The van der Waals surface area contributed by atoms with Gasteiger partial charge in [-0.3, -0.25) is 14.4 Å². The second-order valence-corrected chi connectivity index (χ2v) is 19.2. The Morgan fingerprint density at radius 2 is 0.633 bits per heavy atom. The molecule has 0 aromatic heterocycles. The lowest BCUT2D eigenvalue weighted by Crippen LogP contribution is -2.30. The first kappa shape index (κ1) is 58.4. The summed E-state index contributed by atoms with van der Waals surface area (Å²) in [5, 5.41) is 0. The van der Waals surface area contributed by atoms with Crippen LogP contribution in [0.5, 0.6) is 0 Å². The first-order chi connectivity index (χ1) is 29.3. The van der Waals surface area contributed by atoms with Crippen LogP contribution in [0, 0.1) is 11.8 Å². The fourth-order valence-corrected chi connectivity index (χ4v) is 8.13. The molecule has 0 aliphatic heterocycles. The van der Waals surface area contributed by atoms with Gasteiger partial charge in [-0.05, 0) is 31.1 Å². The third-order valence-corrected chi connectivity index (χ3v) is 12.6. The molecule has 0 saturated carbocycles. The van der Waals surface area contributed by atoms with Gasteiger partial charge in [0, 0.05) is 19.3 Å². The summed E-state index contributed by atoms with van der Waals surface area (Å²) in [7, 11) is 0. The van der Waals surface area contributed by atoms with E-state index in [1.54, 1.807) is 0 Å². The van der Waals surface area contributed by atoms with Crippen LogP contribution in [0.4, 0.5) is 0 Å². The van der Waals surface area contributed by atoms with Gasteiger partial charge in [0.15, 0.2) is 6.10 Å². The summed E-state index contributed by atoms with van der Waals surface area (Å²) >= 11 is 0. The molecule has 0 saturated heterocycles. The molecule has 6 heteroatoms. The molecule has 0 amide bonds. The van der Waals surface area contributed by atoms with Crippen molar-refractivity contribution in [1.29, 1.82) is 0 Å². The maximum absolute atomic E-state index is 12.7. The Hall–Kier alpha value is -1.59. The number of hydrogen-bond donors (Lipinski definition) is 0. The fraction of sp³-hybridized carbons (Fsp3) is 0.944. The van der Waals surface area contributed by atoms with Crippen molar-refractivity contribution in [2.45, 2.75) is 304 Å². The number of carbonyl (C=O) groups excluding carboxylic acids is 3. The number of unbranched alkanes of at least 4 members (excludes halogenated alkanes) is 32. The molecule has 0 aliphatic rings. The molecule has 0 aliphatic carbocycles. The van der Waals surface area contributed by atoms with Gasteiger partial charge in [-0.2, -0.15) is 0 Å². The summed E-state index contributed by atoms with van der Waals surface area (Å²) in [6, 6.07) is 0. The molecular weight excluding hydrogens is 745 g/mol. The van der Waals surface area contributed by atoms with Crippen molar-refractivity contribution in [2.24, 2.45) is 11.8 Å². The van der Waals surface area contributed by atoms with E-state index in [1.165, 1.54) is 186 Å². The predicted octanol–water partition coefficient (Wildman–Crippen LogP) is 17.3. The number of carbonyl (C=O) groups is 3. The lowest BCUT2D eigenvalue weighted by molar-refractivity contribution is -0.167. The van der Waals surface area contributed by atoms with Crippen LogP contribution in [0.1, 0.15) is 298 Å². The van der Waals surface area contributed by atoms with E-state index in [-0.39, 0.29) is 31.1 Å². The summed E-state index contributed by atoms with van der Waals surface area (Å²) < 4.78 is 16.7. The van der Waals surface area contributed by atoms with Crippen LogP contribution in [-0.4, -0.2) is 37.2 Å². The van der Waals surface area contributed by atoms with Crippen molar-refractivity contribution in [1.82, 2.24) is 0 Å². The van der Waals surface area contributed by atoms with E-state index in [0.717, 1.165) is 69.6 Å². The van der Waals surface area contributed by atoms with E-state index < -0.39 is 6.10 Å². The van der Waals surface area contributed by atoms with Gasteiger partial charge >= 0.3 is 17.9 Å². The number of esters is 3. The minimum Gasteiger partial charge on any atom is -0.462 e. The Morgan fingerprint density at radius 3 is 0.950 bits per heavy atom. The van der Waals surface area contributed by atoms with Gasteiger partial charge in [-0.25, -0.2) is 0 Å². The number of rotatable bonds is 48. The SMILES string of the molecule is CCCCCCCCCC(=O)OC[C@@H](COC(=O)CCCCCCCCCCCCCCCCCCCCC(C)CC)OC(=O)CCCCCCCCCCCCC(C)C. The third kappa shape index (κ3) is 45.9. The van der Waals surface area contributed by atoms with Crippen LogP contribution in [0.15, 0.2) is 0 Å². The topological polar surface area (TPSA) is 78.9 Å². The lowest BCUT2D eigenvalue weighted by Gasteiger charge is -2.18. The van der Waals surface area contributed by atoms with Gasteiger partial charge in [-0.15, -0.1) is 0 Å². The van der Waals surface area contributed by atoms with E-state index in [0.29, 0.717) is 19.3 Å². The van der Waals surface area contributed by atoms with Gasteiger partial charge in [-0.1, -0.05) is 259 Å². The highest BCUT2D eigenvalue weighted by Crippen LogP contribution is 2.18. The minimum atomic E-state index is -0.760. The minimum absolute atomic E-state index is 0.0640. The van der Waals surface area contributed by atoms with E-state index in [4.69, 9.17) is 14.2 Å². The predicted molar refractivity (Wildman–Crippen MR) is 256 cm³/mol. The van der Waals surface area contributed by atoms with Gasteiger partial charge in [0.2, 0.25) is 0 Å². The van der Waals surface area contributed by atoms with Crippen LogP contribution in [-0.2, 0) is 28.6 Å². The van der Waals surface area contributed by atoms with E-state index in [9.17, 15) is 14.4 Å². The van der Waals surface area contributed by atoms with Crippen LogP contribution >= 0.6 is 0 Å². The zero-order valence-electron chi connectivity index (χ0n) is 41.1. The number of hydrogen-bond acceptors (Lipinski definition) is 6. The molecule has 0 aromatic rings. The molecule has 0 N–H and O–H groups in total. The summed E-state index contributed by atoms with van der Waals surface area (Å²) in [6.45, 7) is 11.4. The molecule has 0 fully saturated rings. The summed E-state index contributed by atoms with van der Waals surface area (Å²) in [4.78, 5) is 37.8. The van der Waals surface area contributed by atoms with Crippen LogP contribution in [0.25, 0.3) is 0 Å². The third-order valence-electron chi connectivity index (χ3n) is 12.6. The molecule has 1 unspecified atom stereocenters. The van der Waals surface area contributed by atoms with E-state index in [2.05, 4.69) is 34.6 Å². The largest absolute Gasteiger partial charge is 0.462 e. The van der Waals surface area contributed by atoms with E-state index in [1.807, 2.05) is 0 Å². The zero-order chi connectivity index (χ0) is 44.0. The zero-order valence-corrected chi connectivity index (χ0v) is 41.1. The molecule has 2 atom stereocenters. The number of ether oxygens (including phenoxy) is 3. The molecule has 0 radical (unpaired) electrons. The van der Waals surface area contributed by atoms with Gasteiger partial charge < -0.3 is 14.2 Å². The van der Waals surface area contributed by atoms with Crippen LogP contribution < -0.4 is 0 Å². The van der Waals surface area contributed by atoms with Crippen molar-refractivity contribution in [3.8, 4) is 0 Å². The average Bonchev–Trinajstić information content (AvgIpc) is 3.23. The maximum Gasteiger partial charge on any atom is 0.306 e. The average molecular weight is 849 g/mol. The standard InChI is InChI=1S/C54H104O6/c1-6-8-9-10-27-34-39-44-52(55)58-47-51(60-54(57)46-41-36-31-26-22-21-23-28-32-37-42-49(3)4)48-59-53(56)45-40-35-30-25-20-18-16-14-12-11-13-15-17-19-24-29-33-38-43-50(5)7-2/h49-51H,6-48H2,1-5H3/t50?,51-/m0/s1. The highest BCUT2D eigenvalue weighted by Gasteiger charge is 2.19. The highest BCUT2D eigenvalue weighted by atomic mass is 16.6. The molecule has 0 spiro atoms. The van der Waals surface area contributed by atoms with Crippen molar-refractivity contribution < 1.29 is 28.6 Å². The van der Waals surface area contributed by atoms with Crippen molar-refractivity contribution in [3.63, 3.8) is 0 Å². The van der Waals surface area contributed by atoms with E-state index >= 15 is 0 Å². The monoisotopic (exact) mass is 849 g/mol. The Kier molecular flexibility index (Phi) is 45.7. The molecule has 0 rings (SSSR count). The van der Waals surface area contributed by atoms with Gasteiger partial charge in [0.05, 0.1) is 0 Å². The van der Waals surface area contributed by atoms with Crippen molar-refractivity contribution >= 4 is 17.9 Å². The van der Waals surface area contributed by atoms with Gasteiger partial charge in [0.25, 0.3) is 0 Å². The Morgan fingerprint density at radius 1 is 0.350 bits per heavy atom. The summed E-state index contributed by atoms with van der Waals surface area (Å²) in [5.74, 6) is 0.872. The highest BCUT2D eigenvalue weighted by molar-refractivity contribution is 5.71. The molecule has 0 aromatic carbocycles. The second kappa shape index (κ2) is 46.9. The molecule has 356 valence electrons. The van der Waals surface area contributed by atoms with Gasteiger partial charge in [0.1, 0.15) is 13.2 Å². The quantitative estimate of drug-likeness (QED) is 0.0345. The second-order valence-electron chi connectivity index (χ2n) is 19.2. The first-order valence-corrected chi connectivity index (χ1v) is 26.8. The summed E-state index contributed by atoms with van der Waals surface area (Å²) in [5.41, 5.74) is 0. The molecule has 60 heavy (non-hydrogen) atoms. The lowest BCUT2D eigenvalue weighted by atomic mass is 9.99. The van der Waals surface area contributed by atoms with Crippen molar-refractivity contribution in [3.05, 3.63) is 0 Å². The molecule has 0 bridgehead atoms. The maximum atomic E-state index is 12.7. The Bertz CT molecular complexity index is 918. The molecule has 0 heterocycles. The van der Waals surface area contributed by atoms with Crippen LogP contribution in [0.3, 0.4) is 0 Å². The molecule has 6 nitrogen and oxygen atoms in total. The first-order valence-electron chi connectivity index (χ1n) is 26.8. The summed E-state index contributed by atoms with van der Waals surface area (Å²) in [6.07, 6.45) is 48.2. The normalized spacial score (nSPS) is 12.5.